The monoisotopic (exact) mass is 557 g/mol. The van der Waals surface area contributed by atoms with Crippen LogP contribution in [0, 0.1) is 0 Å². The lowest BCUT2D eigenvalue weighted by Crippen LogP contribution is -2.48. The maximum absolute atomic E-state index is 13.3. The molecule has 0 bridgehead atoms. The zero-order valence-electron chi connectivity index (χ0n) is 25.3. The second-order valence-corrected chi connectivity index (χ2v) is 10.3. The Labute approximate surface area is 236 Å². The maximum Gasteiger partial charge on any atom is 0.328 e. The van der Waals surface area contributed by atoms with Crippen molar-refractivity contribution in [1.29, 1.82) is 0 Å². The third-order valence-electron chi connectivity index (χ3n) is 6.73. The summed E-state index contributed by atoms with van der Waals surface area (Å²) < 4.78 is 15.2. The molecule has 0 saturated carbocycles. The van der Waals surface area contributed by atoms with Crippen molar-refractivity contribution < 1.29 is 38.5 Å². The Balaban J connectivity index is 5.33. The summed E-state index contributed by atoms with van der Waals surface area (Å²) in [6.07, 6.45) is 9.93. The Morgan fingerprint density at radius 2 is 1.26 bits per heavy atom. The van der Waals surface area contributed by atoms with E-state index < -0.39 is 23.6 Å². The van der Waals surface area contributed by atoms with Crippen LogP contribution in [0.5, 0.6) is 0 Å². The molecule has 0 aliphatic rings. The van der Waals surface area contributed by atoms with Gasteiger partial charge in [0.05, 0.1) is 31.8 Å². The first kappa shape index (κ1) is 36.8. The number of aliphatic hydroxyl groups is 1. The Morgan fingerprint density at radius 1 is 0.692 bits per heavy atom. The number of carbonyl (C=O) groups is 4. The predicted octanol–water partition coefficient (Wildman–Crippen LogP) is 5.50. The van der Waals surface area contributed by atoms with E-state index in [1.54, 1.807) is 27.7 Å². The summed E-state index contributed by atoms with van der Waals surface area (Å²) in [5, 5.41) is 11.0. The van der Waals surface area contributed by atoms with E-state index in [4.69, 9.17) is 14.2 Å². The molecule has 2 atom stereocenters. The van der Waals surface area contributed by atoms with E-state index in [1.165, 1.54) is 11.3 Å². The lowest BCUT2D eigenvalue weighted by molar-refractivity contribution is -0.156. The molecule has 0 aromatic carbocycles. The summed E-state index contributed by atoms with van der Waals surface area (Å²) >= 11 is 0. The molecule has 0 spiro atoms. The number of amides is 1. The van der Waals surface area contributed by atoms with Gasteiger partial charge in [-0.15, -0.1) is 0 Å². The minimum atomic E-state index is -0.974. The predicted molar refractivity (Wildman–Crippen MR) is 151 cm³/mol. The van der Waals surface area contributed by atoms with Gasteiger partial charge in [-0.2, -0.15) is 0 Å². The summed E-state index contributed by atoms with van der Waals surface area (Å²) in [4.78, 5) is 51.2. The number of hydrogen-bond donors (Lipinski definition) is 1. The van der Waals surface area contributed by atoms with Crippen molar-refractivity contribution in [2.45, 2.75) is 143 Å². The van der Waals surface area contributed by atoms with Gasteiger partial charge in [0.15, 0.2) is 0 Å². The largest absolute Gasteiger partial charge is 0.466 e. The van der Waals surface area contributed by atoms with Crippen LogP contribution in [0.4, 0.5) is 0 Å². The van der Waals surface area contributed by atoms with Crippen molar-refractivity contribution in [1.82, 2.24) is 4.90 Å². The molecule has 0 aromatic heterocycles. The fourth-order valence-electron chi connectivity index (χ4n) is 4.47. The third-order valence-corrected chi connectivity index (χ3v) is 6.73. The van der Waals surface area contributed by atoms with E-state index in [1.807, 2.05) is 0 Å². The molecule has 9 heteroatoms. The first-order chi connectivity index (χ1) is 18.6. The van der Waals surface area contributed by atoms with E-state index in [0.29, 0.717) is 45.1 Å². The van der Waals surface area contributed by atoms with Gasteiger partial charge in [0.25, 0.3) is 0 Å². The van der Waals surface area contributed by atoms with Crippen molar-refractivity contribution in [2.24, 2.45) is 0 Å². The van der Waals surface area contributed by atoms with Crippen molar-refractivity contribution in [3.63, 3.8) is 0 Å². The molecule has 0 rings (SSSR count). The van der Waals surface area contributed by atoms with E-state index in [9.17, 15) is 24.3 Å². The van der Waals surface area contributed by atoms with Gasteiger partial charge in [-0.05, 0) is 53.4 Å². The smallest absolute Gasteiger partial charge is 0.328 e. The molecule has 2 unspecified atom stereocenters. The molecule has 1 amide bonds. The number of nitrogens with zero attached hydrogens (tertiary/aromatic N) is 1. The number of rotatable bonds is 24. The van der Waals surface area contributed by atoms with Crippen LogP contribution in [0.1, 0.15) is 131 Å². The molecule has 1 N–H and O–H groups in total. The van der Waals surface area contributed by atoms with Gasteiger partial charge in [0.2, 0.25) is 5.91 Å². The van der Waals surface area contributed by atoms with Crippen LogP contribution in [-0.4, -0.2) is 71.8 Å². The maximum atomic E-state index is 13.3. The Bertz CT molecular complexity index is 694. The molecule has 0 aromatic rings. The average molecular weight is 558 g/mol. The molecule has 0 saturated heterocycles. The molecule has 0 aliphatic carbocycles. The molecular weight excluding hydrogens is 502 g/mol. The first-order valence-electron chi connectivity index (χ1n) is 15.1. The zero-order chi connectivity index (χ0) is 29.5. The van der Waals surface area contributed by atoms with Gasteiger partial charge in [0, 0.05) is 19.4 Å². The van der Waals surface area contributed by atoms with Crippen molar-refractivity contribution in [3.05, 3.63) is 0 Å². The highest BCUT2D eigenvalue weighted by atomic mass is 16.5. The quantitative estimate of drug-likeness (QED) is 0.0939. The summed E-state index contributed by atoms with van der Waals surface area (Å²) in [5.74, 6) is -1.48. The normalized spacial score (nSPS) is 13.3. The highest BCUT2D eigenvalue weighted by molar-refractivity contribution is 5.86. The average Bonchev–Trinajstić information content (AvgIpc) is 2.88. The Kier molecular flexibility index (Phi) is 21.4. The van der Waals surface area contributed by atoms with Crippen LogP contribution in [0.2, 0.25) is 0 Å². The SMILES string of the molecule is CCCCCCCC(C)(O)CCN(C(=O)CCC(=O)OCC)C(CCCCCCC(=O)OCC)C(=O)OCC. The molecule has 0 fully saturated rings. The molecule has 0 heterocycles. The number of unbranched alkanes of at least 4 members (excludes halogenated alkanes) is 7. The van der Waals surface area contributed by atoms with Crippen molar-refractivity contribution >= 4 is 23.8 Å². The van der Waals surface area contributed by atoms with Crippen LogP contribution >= 0.6 is 0 Å². The fraction of sp³-hybridized carbons (Fsp3) is 0.867. The first-order valence-corrected chi connectivity index (χ1v) is 15.1. The van der Waals surface area contributed by atoms with E-state index >= 15 is 0 Å². The van der Waals surface area contributed by atoms with Crippen LogP contribution in [-0.2, 0) is 33.4 Å². The van der Waals surface area contributed by atoms with Gasteiger partial charge in [-0.3, -0.25) is 14.4 Å². The standard InChI is InChI=1S/C30H55NO8/c1-6-10-11-14-17-22-30(5,36)23-24-31(26(32)20-21-28(34)38-8-3)25(29(35)39-9-4)18-15-12-13-16-19-27(33)37-7-2/h25,36H,6-24H2,1-5H3. The summed E-state index contributed by atoms with van der Waals surface area (Å²) in [7, 11) is 0. The number of esters is 3. The van der Waals surface area contributed by atoms with Gasteiger partial charge in [-0.25, -0.2) is 4.79 Å². The molecule has 0 radical (unpaired) electrons. The topological polar surface area (TPSA) is 119 Å². The summed E-state index contributed by atoms with van der Waals surface area (Å²) in [6.45, 7) is 10.1. The number of carbonyl (C=O) groups excluding carboxylic acids is 4. The van der Waals surface area contributed by atoms with E-state index in [-0.39, 0.29) is 44.5 Å². The van der Waals surface area contributed by atoms with Crippen LogP contribution < -0.4 is 0 Å². The minimum Gasteiger partial charge on any atom is -0.466 e. The third kappa shape index (κ3) is 18.7. The van der Waals surface area contributed by atoms with Gasteiger partial charge < -0.3 is 24.2 Å². The highest BCUT2D eigenvalue weighted by Crippen LogP contribution is 2.23. The van der Waals surface area contributed by atoms with Crippen LogP contribution in [0.25, 0.3) is 0 Å². The second kappa shape index (κ2) is 22.6. The fourth-order valence-corrected chi connectivity index (χ4v) is 4.47. The van der Waals surface area contributed by atoms with Gasteiger partial charge in [-0.1, -0.05) is 58.3 Å². The molecule has 0 aliphatic heterocycles. The number of hydrogen-bond acceptors (Lipinski definition) is 8. The van der Waals surface area contributed by atoms with Crippen molar-refractivity contribution in [2.75, 3.05) is 26.4 Å². The van der Waals surface area contributed by atoms with Gasteiger partial charge >= 0.3 is 17.9 Å². The summed E-state index contributed by atoms with van der Waals surface area (Å²) in [6, 6.07) is -0.801. The van der Waals surface area contributed by atoms with E-state index in [2.05, 4.69) is 6.92 Å². The molecule has 39 heavy (non-hydrogen) atoms. The Morgan fingerprint density at radius 3 is 1.87 bits per heavy atom. The summed E-state index contributed by atoms with van der Waals surface area (Å²) in [5.41, 5.74) is -0.974. The minimum absolute atomic E-state index is 0.0690. The van der Waals surface area contributed by atoms with E-state index in [0.717, 1.165) is 38.5 Å². The molecule has 9 nitrogen and oxygen atoms in total. The molecule has 228 valence electrons. The lowest BCUT2D eigenvalue weighted by atomic mass is 9.93. The second-order valence-electron chi connectivity index (χ2n) is 10.3. The van der Waals surface area contributed by atoms with Crippen molar-refractivity contribution in [3.8, 4) is 0 Å². The molecular formula is C30H55NO8. The lowest BCUT2D eigenvalue weighted by Gasteiger charge is -2.33. The van der Waals surface area contributed by atoms with Crippen LogP contribution in [0.3, 0.4) is 0 Å². The number of ether oxygens (including phenoxy) is 3. The zero-order valence-corrected chi connectivity index (χ0v) is 25.3. The Hall–Kier alpha value is -2.16. The van der Waals surface area contributed by atoms with Gasteiger partial charge in [0.1, 0.15) is 6.04 Å². The van der Waals surface area contributed by atoms with Crippen LogP contribution in [0.15, 0.2) is 0 Å². The highest BCUT2D eigenvalue weighted by Gasteiger charge is 2.32.